The van der Waals surface area contributed by atoms with Crippen LogP contribution in [0.15, 0.2) is 36.4 Å². The van der Waals surface area contributed by atoms with E-state index in [-0.39, 0.29) is 5.02 Å². The third-order valence-corrected chi connectivity index (χ3v) is 3.87. The average Bonchev–Trinajstić information content (AvgIpc) is 2.52. The van der Waals surface area contributed by atoms with Crippen LogP contribution < -0.4 is 10.1 Å². The molecular weight excluding hydrogens is 359 g/mol. The lowest BCUT2D eigenvalue weighted by atomic mass is 10.2. The van der Waals surface area contributed by atoms with Crippen molar-refractivity contribution in [2.45, 2.75) is 13.0 Å². The third kappa shape index (κ3) is 4.29. The maximum absolute atomic E-state index is 12.2. The summed E-state index contributed by atoms with van der Waals surface area (Å²) < 4.78 is 5.52. The van der Waals surface area contributed by atoms with Gasteiger partial charge in [-0.05, 0) is 37.3 Å². The number of rotatable bonds is 4. The van der Waals surface area contributed by atoms with E-state index >= 15 is 0 Å². The number of amides is 1. The first kappa shape index (κ1) is 17.4. The van der Waals surface area contributed by atoms with Crippen molar-refractivity contribution in [3.05, 3.63) is 57.0 Å². The molecule has 23 heavy (non-hydrogen) atoms. The first-order chi connectivity index (χ1) is 10.9. The van der Waals surface area contributed by atoms with Gasteiger partial charge in [-0.25, -0.2) is 0 Å². The number of nitrogens with one attached hydrogen (secondary N) is 1. The second-order valence-corrected chi connectivity index (χ2v) is 5.82. The zero-order valence-electron chi connectivity index (χ0n) is 11.9. The second kappa shape index (κ2) is 7.56. The Hall–Kier alpha value is -1.93. The Balaban J connectivity index is 2.10. The summed E-state index contributed by atoms with van der Waals surface area (Å²) in [6.45, 7) is 1.56. The van der Waals surface area contributed by atoms with Gasteiger partial charge in [-0.3, -0.25) is 4.79 Å². The standard InChI is InChI=1S/C16H11Cl3N2O2/c1-9(23-14-6-5-10(8-20)7-13(14)19)16(22)21-15-11(17)3-2-4-12(15)18/h2-7,9H,1H3,(H,21,22)/t9-/m0/s1. The van der Waals surface area contributed by atoms with Crippen molar-refractivity contribution in [1.82, 2.24) is 0 Å². The van der Waals surface area contributed by atoms with E-state index in [0.29, 0.717) is 27.0 Å². The van der Waals surface area contributed by atoms with Crippen molar-refractivity contribution in [2.75, 3.05) is 5.32 Å². The van der Waals surface area contributed by atoms with Crippen LogP contribution in [0.1, 0.15) is 12.5 Å². The number of hydrogen-bond acceptors (Lipinski definition) is 3. The van der Waals surface area contributed by atoms with Crippen LogP contribution in [0.5, 0.6) is 5.75 Å². The minimum absolute atomic E-state index is 0.250. The lowest BCUT2D eigenvalue weighted by Crippen LogP contribution is -2.30. The predicted octanol–water partition coefficient (Wildman–Crippen LogP) is 4.92. The number of ether oxygens (including phenoxy) is 1. The number of anilines is 1. The zero-order chi connectivity index (χ0) is 17.0. The van der Waals surface area contributed by atoms with Crippen LogP contribution in [0.2, 0.25) is 15.1 Å². The van der Waals surface area contributed by atoms with Gasteiger partial charge >= 0.3 is 0 Å². The summed E-state index contributed by atoms with van der Waals surface area (Å²) in [5.41, 5.74) is 0.726. The summed E-state index contributed by atoms with van der Waals surface area (Å²) in [6, 6.07) is 11.4. The van der Waals surface area contributed by atoms with E-state index in [9.17, 15) is 4.79 Å². The Morgan fingerprint density at radius 1 is 1.17 bits per heavy atom. The second-order valence-electron chi connectivity index (χ2n) is 4.60. The molecule has 2 aromatic carbocycles. The fourth-order valence-electron chi connectivity index (χ4n) is 1.75. The Morgan fingerprint density at radius 2 is 1.83 bits per heavy atom. The minimum Gasteiger partial charge on any atom is -0.479 e. The molecule has 1 atom stereocenters. The minimum atomic E-state index is -0.840. The summed E-state index contributed by atoms with van der Waals surface area (Å²) in [5, 5.41) is 12.3. The van der Waals surface area contributed by atoms with Gasteiger partial charge in [0.2, 0.25) is 0 Å². The van der Waals surface area contributed by atoms with Gasteiger partial charge in [-0.1, -0.05) is 40.9 Å². The maximum Gasteiger partial charge on any atom is 0.265 e. The lowest BCUT2D eigenvalue weighted by molar-refractivity contribution is -0.122. The highest BCUT2D eigenvalue weighted by Crippen LogP contribution is 2.30. The molecule has 0 saturated carbocycles. The Morgan fingerprint density at radius 3 is 2.39 bits per heavy atom. The van der Waals surface area contributed by atoms with Crippen LogP contribution in [0, 0.1) is 11.3 Å². The van der Waals surface area contributed by atoms with Gasteiger partial charge in [-0.15, -0.1) is 0 Å². The van der Waals surface area contributed by atoms with Gasteiger partial charge in [0.1, 0.15) is 5.75 Å². The van der Waals surface area contributed by atoms with E-state index in [1.807, 2.05) is 6.07 Å². The summed E-state index contributed by atoms with van der Waals surface area (Å²) in [7, 11) is 0. The molecule has 0 radical (unpaired) electrons. The van der Waals surface area contributed by atoms with E-state index in [1.165, 1.54) is 12.1 Å². The smallest absolute Gasteiger partial charge is 0.265 e. The quantitative estimate of drug-likeness (QED) is 0.831. The Labute approximate surface area is 148 Å². The van der Waals surface area contributed by atoms with Crippen LogP contribution >= 0.6 is 34.8 Å². The highest BCUT2D eigenvalue weighted by Gasteiger charge is 2.18. The molecule has 0 unspecified atom stereocenters. The molecule has 0 bridgehead atoms. The molecule has 0 saturated heterocycles. The van der Waals surface area contributed by atoms with Crippen molar-refractivity contribution < 1.29 is 9.53 Å². The van der Waals surface area contributed by atoms with Crippen LogP contribution in [0.25, 0.3) is 0 Å². The summed E-state index contributed by atoms with van der Waals surface area (Å²) in [6.07, 6.45) is -0.840. The van der Waals surface area contributed by atoms with E-state index in [1.54, 1.807) is 31.2 Å². The Bertz CT molecular complexity index is 767. The molecule has 0 heterocycles. The molecule has 0 spiro atoms. The van der Waals surface area contributed by atoms with E-state index < -0.39 is 12.0 Å². The Kier molecular flexibility index (Phi) is 5.73. The monoisotopic (exact) mass is 368 g/mol. The predicted molar refractivity (Wildman–Crippen MR) is 91.3 cm³/mol. The molecule has 1 N–H and O–H groups in total. The van der Waals surface area contributed by atoms with Crippen molar-refractivity contribution in [2.24, 2.45) is 0 Å². The SMILES string of the molecule is C[C@H](Oc1ccc(C#N)cc1Cl)C(=O)Nc1c(Cl)cccc1Cl. The topological polar surface area (TPSA) is 62.1 Å². The maximum atomic E-state index is 12.2. The van der Waals surface area contributed by atoms with Gasteiger partial charge in [0.25, 0.3) is 5.91 Å². The zero-order valence-corrected chi connectivity index (χ0v) is 14.2. The molecule has 2 aromatic rings. The van der Waals surface area contributed by atoms with Crippen molar-refractivity contribution in [1.29, 1.82) is 5.26 Å². The van der Waals surface area contributed by atoms with Gasteiger partial charge < -0.3 is 10.1 Å². The normalized spacial score (nSPS) is 11.4. The summed E-state index contributed by atoms with van der Waals surface area (Å²) in [4.78, 5) is 12.2. The fourth-order valence-corrected chi connectivity index (χ4v) is 2.47. The first-order valence-electron chi connectivity index (χ1n) is 6.53. The van der Waals surface area contributed by atoms with E-state index in [4.69, 9.17) is 44.8 Å². The van der Waals surface area contributed by atoms with Crippen LogP contribution in [0.4, 0.5) is 5.69 Å². The van der Waals surface area contributed by atoms with Gasteiger partial charge in [0, 0.05) is 0 Å². The summed E-state index contributed by atoms with van der Waals surface area (Å²) >= 11 is 18.0. The van der Waals surface area contributed by atoms with Gasteiger partial charge in [0.05, 0.1) is 32.4 Å². The molecule has 4 nitrogen and oxygen atoms in total. The number of nitriles is 1. The molecule has 0 aromatic heterocycles. The van der Waals surface area contributed by atoms with Crippen LogP contribution in [-0.2, 0) is 4.79 Å². The summed E-state index contributed by atoms with van der Waals surface area (Å²) in [5.74, 6) is -0.126. The number of carbonyl (C=O) groups is 1. The van der Waals surface area contributed by atoms with E-state index in [0.717, 1.165) is 0 Å². The lowest BCUT2D eigenvalue weighted by Gasteiger charge is -2.16. The van der Waals surface area contributed by atoms with Gasteiger partial charge in [0.15, 0.2) is 6.10 Å². The molecule has 118 valence electrons. The first-order valence-corrected chi connectivity index (χ1v) is 7.67. The largest absolute Gasteiger partial charge is 0.479 e. The molecule has 0 aliphatic heterocycles. The number of nitrogens with zero attached hydrogens (tertiary/aromatic N) is 1. The molecule has 7 heteroatoms. The number of hydrogen-bond donors (Lipinski definition) is 1. The van der Waals surface area contributed by atoms with Crippen molar-refractivity contribution in [3.8, 4) is 11.8 Å². The highest BCUT2D eigenvalue weighted by atomic mass is 35.5. The number of para-hydroxylation sites is 1. The molecule has 1 amide bonds. The molecular formula is C16H11Cl3N2O2. The highest BCUT2D eigenvalue weighted by molar-refractivity contribution is 6.39. The number of halogens is 3. The average molecular weight is 370 g/mol. The molecule has 0 fully saturated rings. The molecule has 2 rings (SSSR count). The molecule has 0 aliphatic rings. The van der Waals surface area contributed by atoms with E-state index in [2.05, 4.69) is 5.32 Å². The van der Waals surface area contributed by atoms with Gasteiger partial charge in [-0.2, -0.15) is 5.26 Å². The van der Waals surface area contributed by atoms with Crippen LogP contribution in [-0.4, -0.2) is 12.0 Å². The van der Waals surface area contributed by atoms with Crippen LogP contribution in [0.3, 0.4) is 0 Å². The number of benzene rings is 2. The van der Waals surface area contributed by atoms with Crippen molar-refractivity contribution in [3.63, 3.8) is 0 Å². The molecule has 0 aliphatic carbocycles. The third-order valence-electron chi connectivity index (χ3n) is 2.94. The van der Waals surface area contributed by atoms with Crippen molar-refractivity contribution >= 4 is 46.4 Å². The fraction of sp³-hybridized carbons (Fsp3) is 0.125. The number of carbonyl (C=O) groups excluding carboxylic acids is 1.